The average Bonchev–Trinajstić information content (AvgIpc) is 2.61. The number of benzene rings is 2. The first-order valence-electron chi connectivity index (χ1n) is 7.96. The Morgan fingerprint density at radius 1 is 0.821 bits per heavy atom. The van der Waals surface area contributed by atoms with Gasteiger partial charge in [-0.25, -0.2) is 4.79 Å². The number of hydrogen-bond acceptors (Lipinski definition) is 9. The molecule has 2 rings (SSSR count). The van der Waals surface area contributed by atoms with Crippen LogP contribution < -0.4 is 9.47 Å². The molecule has 0 fully saturated rings. The van der Waals surface area contributed by atoms with Gasteiger partial charge in [0.2, 0.25) is 0 Å². The molecular formula is C17H16N2O9. The Balaban J connectivity index is 2.03. The summed E-state index contributed by atoms with van der Waals surface area (Å²) in [5.41, 5.74) is 0.851. The Kier molecular flexibility index (Phi) is 6.68. The van der Waals surface area contributed by atoms with Crippen molar-refractivity contribution in [2.45, 2.75) is 26.1 Å². The van der Waals surface area contributed by atoms with E-state index in [1.165, 1.54) is 50.2 Å². The Hall–Kier alpha value is -3.89. The van der Waals surface area contributed by atoms with E-state index in [4.69, 9.17) is 9.47 Å². The maximum atomic E-state index is 12.0. The maximum Gasteiger partial charge on any atom is 0.519 e. The summed E-state index contributed by atoms with van der Waals surface area (Å²) in [6.07, 6.45) is -2.76. The average molecular weight is 392 g/mol. The Morgan fingerprint density at radius 2 is 1.21 bits per heavy atom. The van der Waals surface area contributed by atoms with Crippen molar-refractivity contribution in [1.29, 1.82) is 0 Å². The van der Waals surface area contributed by atoms with Crippen LogP contribution in [0.15, 0.2) is 48.5 Å². The van der Waals surface area contributed by atoms with Crippen molar-refractivity contribution in [2.24, 2.45) is 0 Å². The maximum absolute atomic E-state index is 12.0. The summed E-state index contributed by atoms with van der Waals surface area (Å²) in [7, 11) is 0. The fraction of sp³-hybridized carbons (Fsp3) is 0.235. The smallest absolute Gasteiger partial charge is 0.395 e. The van der Waals surface area contributed by atoms with Crippen molar-refractivity contribution in [3.05, 3.63) is 79.9 Å². The van der Waals surface area contributed by atoms with Gasteiger partial charge >= 0.3 is 6.16 Å². The summed E-state index contributed by atoms with van der Waals surface area (Å²) in [4.78, 5) is 41.7. The number of carbonyl (C=O) groups excluding carboxylic acids is 1. The Bertz CT molecular complexity index is 802. The molecule has 11 nitrogen and oxygen atoms in total. The van der Waals surface area contributed by atoms with Crippen LogP contribution in [-0.4, -0.2) is 16.3 Å². The number of ether oxygens (including phenoxy) is 2. The van der Waals surface area contributed by atoms with E-state index in [1.54, 1.807) is 12.1 Å². The van der Waals surface area contributed by atoms with E-state index in [0.29, 0.717) is 11.1 Å². The van der Waals surface area contributed by atoms with Gasteiger partial charge in [-0.3, -0.25) is 0 Å². The highest BCUT2D eigenvalue weighted by molar-refractivity contribution is 5.67. The molecule has 0 saturated carbocycles. The molecule has 0 aliphatic rings. The summed E-state index contributed by atoms with van der Waals surface area (Å²) < 4.78 is 10.1. The molecule has 2 aromatic rings. The molecule has 28 heavy (non-hydrogen) atoms. The van der Waals surface area contributed by atoms with E-state index in [0.717, 1.165) is 0 Å². The van der Waals surface area contributed by atoms with Crippen LogP contribution in [0.1, 0.15) is 37.2 Å². The monoisotopic (exact) mass is 392 g/mol. The van der Waals surface area contributed by atoms with Gasteiger partial charge in [-0.15, -0.1) is 20.2 Å². The first-order valence-corrected chi connectivity index (χ1v) is 7.96. The van der Waals surface area contributed by atoms with Gasteiger partial charge in [0.15, 0.2) is 0 Å². The van der Waals surface area contributed by atoms with E-state index >= 15 is 0 Å². The lowest BCUT2D eigenvalue weighted by Gasteiger charge is -2.12. The van der Waals surface area contributed by atoms with E-state index < -0.39 is 28.5 Å². The van der Waals surface area contributed by atoms with Crippen LogP contribution in [0.25, 0.3) is 0 Å². The lowest BCUT2D eigenvalue weighted by Crippen LogP contribution is -2.14. The highest BCUT2D eigenvalue weighted by atomic mass is 17.0. The Morgan fingerprint density at radius 3 is 1.57 bits per heavy atom. The molecule has 2 aromatic carbocycles. The fourth-order valence-electron chi connectivity index (χ4n) is 2.25. The van der Waals surface area contributed by atoms with Crippen molar-refractivity contribution >= 4 is 6.16 Å². The van der Waals surface area contributed by atoms with Gasteiger partial charge in [-0.2, -0.15) is 0 Å². The zero-order valence-corrected chi connectivity index (χ0v) is 14.8. The molecule has 0 radical (unpaired) electrons. The zero-order valence-electron chi connectivity index (χ0n) is 14.8. The second-order valence-electron chi connectivity index (χ2n) is 5.54. The summed E-state index contributed by atoms with van der Waals surface area (Å²) in [5, 5.41) is 19.0. The minimum Gasteiger partial charge on any atom is -0.395 e. The standard InChI is InChI=1S/C17H16N2O9/c1-11(27-18(21)22)13-5-3-7-15(9-13)25-17(20)26-16-8-4-6-14(10-16)12(2)28-19(23)24/h3-12H,1-2H3. The van der Waals surface area contributed by atoms with Crippen LogP contribution in [0, 0.1) is 20.2 Å². The third-order valence-electron chi connectivity index (χ3n) is 3.55. The highest BCUT2D eigenvalue weighted by Crippen LogP contribution is 2.24. The molecule has 0 aliphatic heterocycles. The molecule has 0 heterocycles. The molecule has 0 bridgehead atoms. The van der Waals surface area contributed by atoms with Crippen molar-refractivity contribution < 1.29 is 34.1 Å². The second kappa shape index (κ2) is 9.16. The quantitative estimate of drug-likeness (QED) is 0.284. The molecule has 0 amide bonds. The normalized spacial score (nSPS) is 12.4. The summed E-state index contributed by atoms with van der Waals surface area (Å²) in [5.74, 6) is 0.199. The first-order chi connectivity index (χ1) is 13.2. The van der Waals surface area contributed by atoms with Crippen LogP contribution >= 0.6 is 0 Å². The SMILES string of the molecule is CC(O[N+](=O)[O-])c1cccc(OC(=O)Oc2cccc(C(C)O[N+](=O)[O-])c2)c1. The third kappa shape index (κ3) is 6.12. The number of rotatable bonds is 8. The molecule has 2 atom stereocenters. The third-order valence-corrected chi connectivity index (χ3v) is 3.55. The van der Waals surface area contributed by atoms with Gasteiger partial charge in [-0.1, -0.05) is 24.3 Å². The highest BCUT2D eigenvalue weighted by Gasteiger charge is 2.15. The summed E-state index contributed by atoms with van der Waals surface area (Å²) in [6, 6.07) is 12.0. The first kappa shape index (κ1) is 20.4. The largest absolute Gasteiger partial charge is 0.519 e. The fourth-order valence-corrected chi connectivity index (χ4v) is 2.25. The van der Waals surface area contributed by atoms with Crippen LogP contribution in [0.2, 0.25) is 0 Å². The number of carbonyl (C=O) groups is 1. The van der Waals surface area contributed by atoms with Crippen molar-refractivity contribution in [3.63, 3.8) is 0 Å². The van der Waals surface area contributed by atoms with E-state index in [1.807, 2.05) is 0 Å². The minimum atomic E-state index is -1.06. The van der Waals surface area contributed by atoms with E-state index in [-0.39, 0.29) is 11.5 Å². The van der Waals surface area contributed by atoms with Gasteiger partial charge < -0.3 is 19.1 Å². The lowest BCUT2D eigenvalue weighted by molar-refractivity contribution is -0.770. The predicted molar refractivity (Wildman–Crippen MR) is 92.5 cm³/mol. The van der Waals surface area contributed by atoms with Crippen LogP contribution in [-0.2, 0) is 9.68 Å². The van der Waals surface area contributed by atoms with E-state index in [2.05, 4.69) is 9.68 Å². The molecular weight excluding hydrogens is 376 g/mol. The molecule has 0 N–H and O–H groups in total. The molecule has 2 unspecified atom stereocenters. The van der Waals surface area contributed by atoms with Gasteiger partial charge in [0, 0.05) is 0 Å². The van der Waals surface area contributed by atoms with Crippen molar-refractivity contribution in [3.8, 4) is 11.5 Å². The summed E-state index contributed by atoms with van der Waals surface area (Å²) >= 11 is 0. The van der Waals surface area contributed by atoms with Crippen molar-refractivity contribution in [1.82, 2.24) is 0 Å². The van der Waals surface area contributed by atoms with E-state index in [9.17, 15) is 25.0 Å². The van der Waals surface area contributed by atoms with Crippen LogP contribution in [0.5, 0.6) is 11.5 Å². The number of hydrogen-bond donors (Lipinski definition) is 0. The van der Waals surface area contributed by atoms with Gasteiger partial charge in [0.1, 0.15) is 23.7 Å². The zero-order chi connectivity index (χ0) is 20.7. The molecule has 0 aliphatic carbocycles. The van der Waals surface area contributed by atoms with Gasteiger partial charge in [0.05, 0.1) is 0 Å². The summed E-state index contributed by atoms with van der Waals surface area (Å²) in [6.45, 7) is 2.94. The molecule has 0 spiro atoms. The van der Waals surface area contributed by atoms with Crippen LogP contribution in [0.4, 0.5) is 4.79 Å². The predicted octanol–water partition coefficient (Wildman–Crippen LogP) is 3.80. The number of nitrogens with zero attached hydrogens (tertiary/aromatic N) is 2. The van der Waals surface area contributed by atoms with Crippen molar-refractivity contribution in [2.75, 3.05) is 0 Å². The topological polar surface area (TPSA) is 140 Å². The minimum absolute atomic E-state index is 0.0995. The second-order valence-corrected chi connectivity index (χ2v) is 5.54. The van der Waals surface area contributed by atoms with Gasteiger partial charge in [0.25, 0.3) is 10.2 Å². The molecule has 11 heteroatoms. The molecule has 148 valence electrons. The Labute approximate surface area is 158 Å². The molecule has 0 aromatic heterocycles. The lowest BCUT2D eigenvalue weighted by atomic mass is 10.1. The van der Waals surface area contributed by atoms with Gasteiger partial charge in [-0.05, 0) is 49.2 Å². The molecule has 0 saturated heterocycles. The van der Waals surface area contributed by atoms with Crippen LogP contribution in [0.3, 0.4) is 0 Å².